The van der Waals surface area contributed by atoms with Crippen molar-refractivity contribution in [2.75, 3.05) is 6.61 Å². The van der Waals surface area contributed by atoms with Crippen molar-refractivity contribution in [2.45, 2.75) is 33.6 Å². The van der Waals surface area contributed by atoms with Gasteiger partial charge in [0.25, 0.3) is 0 Å². The van der Waals surface area contributed by atoms with Crippen LogP contribution < -0.4 is 0 Å². The van der Waals surface area contributed by atoms with Crippen molar-refractivity contribution in [3.8, 4) is 0 Å². The molecule has 0 unspecified atom stereocenters. The molecule has 0 saturated carbocycles. The van der Waals surface area contributed by atoms with E-state index in [2.05, 4.69) is 17.1 Å². The SMILES string of the molecule is CC.CCOC(=O)CCc1cc2ccccc2[nH]1. The third kappa shape index (κ3) is 3.91. The van der Waals surface area contributed by atoms with Gasteiger partial charge in [0.2, 0.25) is 0 Å². The van der Waals surface area contributed by atoms with Gasteiger partial charge in [-0.2, -0.15) is 0 Å². The highest BCUT2D eigenvalue weighted by molar-refractivity contribution is 5.80. The molecule has 98 valence electrons. The molecule has 0 saturated heterocycles. The summed E-state index contributed by atoms with van der Waals surface area (Å²) < 4.78 is 4.88. The number of esters is 1. The predicted molar refractivity (Wildman–Crippen MR) is 74.6 cm³/mol. The van der Waals surface area contributed by atoms with E-state index in [9.17, 15) is 4.79 Å². The molecule has 0 bridgehead atoms. The van der Waals surface area contributed by atoms with E-state index in [1.807, 2.05) is 39.0 Å². The number of hydrogen-bond acceptors (Lipinski definition) is 2. The van der Waals surface area contributed by atoms with Crippen LogP contribution in [0.25, 0.3) is 10.9 Å². The Morgan fingerprint density at radius 3 is 2.67 bits per heavy atom. The van der Waals surface area contributed by atoms with Gasteiger partial charge in [-0.1, -0.05) is 32.0 Å². The summed E-state index contributed by atoms with van der Waals surface area (Å²) in [7, 11) is 0. The van der Waals surface area contributed by atoms with Gasteiger partial charge in [-0.3, -0.25) is 4.79 Å². The number of ether oxygens (including phenoxy) is 1. The second-order valence-electron chi connectivity index (χ2n) is 3.69. The van der Waals surface area contributed by atoms with Crippen molar-refractivity contribution in [3.05, 3.63) is 36.0 Å². The van der Waals surface area contributed by atoms with Crippen LogP contribution in [0.2, 0.25) is 0 Å². The number of rotatable bonds is 4. The maximum Gasteiger partial charge on any atom is 0.306 e. The van der Waals surface area contributed by atoms with Crippen molar-refractivity contribution in [2.24, 2.45) is 0 Å². The smallest absolute Gasteiger partial charge is 0.306 e. The number of carbonyl (C=O) groups excluding carboxylic acids is 1. The van der Waals surface area contributed by atoms with Crippen LogP contribution in [0.15, 0.2) is 30.3 Å². The van der Waals surface area contributed by atoms with Crippen LogP contribution in [-0.4, -0.2) is 17.6 Å². The number of nitrogens with one attached hydrogen (secondary N) is 1. The van der Waals surface area contributed by atoms with Crippen molar-refractivity contribution in [1.82, 2.24) is 4.98 Å². The fourth-order valence-electron chi connectivity index (χ4n) is 1.74. The van der Waals surface area contributed by atoms with E-state index in [-0.39, 0.29) is 5.97 Å². The first kappa shape index (κ1) is 14.3. The number of aryl methyl sites for hydroxylation is 1. The van der Waals surface area contributed by atoms with E-state index in [0.29, 0.717) is 19.4 Å². The van der Waals surface area contributed by atoms with Gasteiger partial charge in [-0.25, -0.2) is 0 Å². The van der Waals surface area contributed by atoms with Gasteiger partial charge >= 0.3 is 5.97 Å². The molecule has 0 radical (unpaired) electrons. The zero-order valence-electron chi connectivity index (χ0n) is 11.3. The lowest BCUT2D eigenvalue weighted by Gasteiger charge is -1.99. The van der Waals surface area contributed by atoms with E-state index < -0.39 is 0 Å². The molecule has 2 rings (SSSR count). The van der Waals surface area contributed by atoms with Crippen LogP contribution in [0.5, 0.6) is 0 Å². The van der Waals surface area contributed by atoms with Crippen molar-refractivity contribution in [1.29, 1.82) is 0 Å². The average Bonchev–Trinajstić information content (AvgIpc) is 2.82. The lowest BCUT2D eigenvalue weighted by atomic mass is 10.2. The molecule has 0 spiro atoms. The molecule has 1 aromatic heterocycles. The molecule has 0 atom stereocenters. The zero-order chi connectivity index (χ0) is 13.4. The maximum absolute atomic E-state index is 11.2. The Hall–Kier alpha value is -1.77. The number of benzene rings is 1. The van der Waals surface area contributed by atoms with E-state index in [1.165, 1.54) is 5.39 Å². The molecule has 3 heteroatoms. The fraction of sp³-hybridized carbons (Fsp3) is 0.400. The molecule has 3 nitrogen and oxygen atoms in total. The second kappa shape index (κ2) is 7.54. The molecule has 1 heterocycles. The largest absolute Gasteiger partial charge is 0.466 e. The van der Waals surface area contributed by atoms with E-state index >= 15 is 0 Å². The molecule has 0 fully saturated rings. The van der Waals surface area contributed by atoms with Crippen LogP contribution in [0.1, 0.15) is 32.9 Å². The number of para-hydroxylation sites is 1. The quantitative estimate of drug-likeness (QED) is 0.837. The molecule has 1 aromatic carbocycles. The number of aromatic amines is 1. The van der Waals surface area contributed by atoms with Gasteiger partial charge in [0.1, 0.15) is 0 Å². The van der Waals surface area contributed by atoms with Crippen LogP contribution in [-0.2, 0) is 16.0 Å². The van der Waals surface area contributed by atoms with Crippen molar-refractivity contribution < 1.29 is 9.53 Å². The Labute approximate surface area is 108 Å². The van der Waals surface area contributed by atoms with Crippen molar-refractivity contribution >= 4 is 16.9 Å². The van der Waals surface area contributed by atoms with Crippen LogP contribution in [0.3, 0.4) is 0 Å². The second-order valence-corrected chi connectivity index (χ2v) is 3.69. The minimum atomic E-state index is -0.138. The minimum Gasteiger partial charge on any atom is -0.466 e. The number of H-pyrrole nitrogens is 1. The molecule has 18 heavy (non-hydrogen) atoms. The Kier molecular flexibility index (Phi) is 5.98. The standard InChI is InChI=1S/C13H15NO2.C2H6/c1-2-16-13(15)8-7-11-9-10-5-3-4-6-12(10)14-11;1-2/h3-6,9,14H,2,7-8H2,1H3;1-2H3. The Morgan fingerprint density at radius 2 is 2.00 bits per heavy atom. The lowest BCUT2D eigenvalue weighted by molar-refractivity contribution is -0.143. The first-order valence-electron chi connectivity index (χ1n) is 6.52. The summed E-state index contributed by atoms with van der Waals surface area (Å²) in [4.78, 5) is 14.5. The molecule has 1 N–H and O–H groups in total. The first-order valence-corrected chi connectivity index (χ1v) is 6.52. The third-order valence-corrected chi connectivity index (χ3v) is 2.49. The lowest BCUT2D eigenvalue weighted by Crippen LogP contribution is -2.05. The summed E-state index contributed by atoms with van der Waals surface area (Å²) in [6.45, 7) is 6.27. The van der Waals surface area contributed by atoms with Gasteiger partial charge in [0.15, 0.2) is 0 Å². The van der Waals surface area contributed by atoms with E-state index in [0.717, 1.165) is 11.2 Å². The summed E-state index contributed by atoms with van der Waals surface area (Å²) in [5, 5.41) is 1.18. The Bertz CT molecular complexity index is 455. The average molecular weight is 247 g/mol. The first-order chi connectivity index (χ1) is 8.79. The predicted octanol–water partition coefficient (Wildman–Crippen LogP) is 3.69. The molecule has 0 amide bonds. The molecule has 0 aliphatic rings. The maximum atomic E-state index is 11.2. The van der Waals surface area contributed by atoms with Gasteiger partial charge in [0.05, 0.1) is 13.0 Å². The summed E-state index contributed by atoms with van der Waals surface area (Å²) in [6.07, 6.45) is 1.13. The fourth-order valence-corrected chi connectivity index (χ4v) is 1.74. The number of aromatic nitrogens is 1. The Balaban J connectivity index is 0.000000771. The van der Waals surface area contributed by atoms with Crippen LogP contribution in [0, 0.1) is 0 Å². The van der Waals surface area contributed by atoms with E-state index in [4.69, 9.17) is 4.74 Å². The van der Waals surface area contributed by atoms with Gasteiger partial charge < -0.3 is 9.72 Å². The molecule has 2 aromatic rings. The normalized spacial score (nSPS) is 9.72. The van der Waals surface area contributed by atoms with Crippen molar-refractivity contribution in [3.63, 3.8) is 0 Å². The van der Waals surface area contributed by atoms with E-state index in [1.54, 1.807) is 0 Å². The molecular weight excluding hydrogens is 226 g/mol. The number of carbonyl (C=O) groups is 1. The summed E-state index contributed by atoms with van der Waals surface area (Å²) in [6, 6.07) is 10.2. The molecule has 0 aliphatic heterocycles. The van der Waals surface area contributed by atoms with Gasteiger partial charge in [-0.15, -0.1) is 0 Å². The van der Waals surface area contributed by atoms with Crippen LogP contribution in [0.4, 0.5) is 0 Å². The Morgan fingerprint density at radius 1 is 1.28 bits per heavy atom. The zero-order valence-corrected chi connectivity index (χ0v) is 11.3. The van der Waals surface area contributed by atoms with Gasteiger partial charge in [-0.05, 0) is 30.9 Å². The topological polar surface area (TPSA) is 42.1 Å². The summed E-state index contributed by atoms with van der Waals surface area (Å²) >= 11 is 0. The highest BCUT2D eigenvalue weighted by atomic mass is 16.5. The van der Waals surface area contributed by atoms with Crippen LogP contribution >= 0.6 is 0 Å². The summed E-state index contributed by atoms with van der Waals surface area (Å²) in [5.74, 6) is -0.138. The highest BCUT2D eigenvalue weighted by Crippen LogP contribution is 2.15. The monoisotopic (exact) mass is 247 g/mol. The minimum absolute atomic E-state index is 0.138. The number of hydrogen-bond donors (Lipinski definition) is 1. The highest BCUT2D eigenvalue weighted by Gasteiger charge is 2.04. The third-order valence-electron chi connectivity index (χ3n) is 2.49. The molecular formula is C15H21NO2. The van der Waals surface area contributed by atoms with Gasteiger partial charge in [0, 0.05) is 11.2 Å². The summed E-state index contributed by atoms with van der Waals surface area (Å²) in [5.41, 5.74) is 2.19. The molecule has 0 aliphatic carbocycles. The number of fused-ring (bicyclic) bond motifs is 1.